The van der Waals surface area contributed by atoms with Gasteiger partial charge >= 0.3 is 0 Å². The Morgan fingerprint density at radius 3 is 2.88 bits per heavy atom. The van der Waals surface area contributed by atoms with Gasteiger partial charge in [0, 0.05) is 23.7 Å². The smallest absolute Gasteiger partial charge is 0.256 e. The molecule has 2 atom stereocenters. The van der Waals surface area contributed by atoms with Crippen LogP contribution in [0.15, 0.2) is 24.3 Å². The lowest BCUT2D eigenvalue weighted by molar-refractivity contribution is -0.00782. The maximum atomic E-state index is 12.2. The fourth-order valence-electron chi connectivity index (χ4n) is 2.75. The highest BCUT2D eigenvalue weighted by Gasteiger charge is 2.39. The van der Waals surface area contributed by atoms with E-state index in [9.17, 15) is 9.90 Å². The molecule has 17 heavy (non-hydrogen) atoms. The highest BCUT2D eigenvalue weighted by Crippen LogP contribution is 2.34. The van der Waals surface area contributed by atoms with Gasteiger partial charge in [-0.05, 0) is 25.5 Å². The van der Waals surface area contributed by atoms with Crippen molar-refractivity contribution in [1.29, 1.82) is 0 Å². The molecule has 0 aliphatic carbocycles. The molecule has 3 rings (SSSR count). The second-order valence-electron chi connectivity index (χ2n) is 4.67. The van der Waals surface area contributed by atoms with E-state index in [0.29, 0.717) is 5.56 Å². The summed E-state index contributed by atoms with van der Waals surface area (Å²) in [6, 6.07) is 7.42. The number of aliphatic hydroxyl groups is 1. The molecule has 2 aliphatic rings. The number of hydrogen-bond acceptors (Lipinski definition) is 3. The fraction of sp³-hybridized carbons (Fsp3) is 0.462. The molecule has 4 heteroatoms. The number of fused-ring (bicyclic) bond motifs is 1. The predicted molar refractivity (Wildman–Crippen MR) is 63.5 cm³/mol. The van der Waals surface area contributed by atoms with E-state index in [0.717, 1.165) is 31.5 Å². The van der Waals surface area contributed by atoms with Gasteiger partial charge in [-0.1, -0.05) is 18.2 Å². The third kappa shape index (κ3) is 1.64. The Balaban J connectivity index is 1.91. The number of carbonyl (C=O) groups is 1. The third-order valence-electron chi connectivity index (χ3n) is 3.63. The van der Waals surface area contributed by atoms with E-state index >= 15 is 0 Å². The Kier molecular flexibility index (Phi) is 2.61. The van der Waals surface area contributed by atoms with Gasteiger partial charge in [0.25, 0.3) is 5.91 Å². The summed E-state index contributed by atoms with van der Waals surface area (Å²) in [6.45, 7) is 1.78. The summed E-state index contributed by atoms with van der Waals surface area (Å²) in [5.74, 6) is -0.0400. The number of benzene rings is 1. The maximum Gasteiger partial charge on any atom is 0.256 e. The second-order valence-corrected chi connectivity index (χ2v) is 4.67. The molecular weight excluding hydrogens is 216 g/mol. The van der Waals surface area contributed by atoms with Gasteiger partial charge < -0.3 is 15.3 Å². The van der Waals surface area contributed by atoms with Gasteiger partial charge in [-0.15, -0.1) is 0 Å². The zero-order valence-electron chi connectivity index (χ0n) is 9.60. The Bertz CT molecular complexity index is 441. The van der Waals surface area contributed by atoms with Crippen molar-refractivity contribution in [2.75, 3.05) is 13.1 Å². The molecule has 0 saturated carbocycles. The van der Waals surface area contributed by atoms with Crippen LogP contribution in [0.25, 0.3) is 0 Å². The van der Waals surface area contributed by atoms with Gasteiger partial charge in [0.05, 0.1) is 0 Å². The maximum absolute atomic E-state index is 12.2. The molecular formula is C13H16N2O2. The molecule has 1 saturated heterocycles. The van der Waals surface area contributed by atoms with Gasteiger partial charge in [-0.2, -0.15) is 0 Å². The van der Waals surface area contributed by atoms with Crippen molar-refractivity contribution >= 4 is 5.91 Å². The van der Waals surface area contributed by atoms with Crippen LogP contribution in [0.3, 0.4) is 0 Å². The molecule has 1 aromatic carbocycles. The van der Waals surface area contributed by atoms with E-state index < -0.39 is 6.23 Å². The first kappa shape index (κ1) is 10.7. The molecule has 2 aliphatic heterocycles. The summed E-state index contributed by atoms with van der Waals surface area (Å²) in [7, 11) is 0. The minimum atomic E-state index is -0.774. The summed E-state index contributed by atoms with van der Waals surface area (Å²) in [5.41, 5.74) is 1.38. The average molecular weight is 232 g/mol. The van der Waals surface area contributed by atoms with Crippen LogP contribution in [0, 0.1) is 0 Å². The van der Waals surface area contributed by atoms with Crippen LogP contribution >= 0.6 is 0 Å². The quantitative estimate of drug-likeness (QED) is 0.756. The molecule has 4 nitrogen and oxygen atoms in total. The molecule has 0 spiro atoms. The van der Waals surface area contributed by atoms with Crippen molar-refractivity contribution in [2.45, 2.75) is 25.1 Å². The van der Waals surface area contributed by atoms with Gasteiger partial charge in [-0.25, -0.2) is 0 Å². The Labute approximate surface area is 100 Å². The molecule has 1 fully saturated rings. The van der Waals surface area contributed by atoms with Crippen LogP contribution in [0.5, 0.6) is 0 Å². The van der Waals surface area contributed by atoms with Crippen molar-refractivity contribution < 1.29 is 9.90 Å². The molecule has 1 unspecified atom stereocenters. The molecule has 0 aromatic heterocycles. The van der Waals surface area contributed by atoms with Gasteiger partial charge in [0.15, 0.2) is 6.23 Å². The first-order valence-electron chi connectivity index (χ1n) is 6.09. The molecule has 1 aromatic rings. The standard InChI is InChI=1S/C13H16N2O2/c16-12-10-5-1-2-6-11(10)13(17)15(12)9-4-3-7-14-8-9/h1-2,5-6,9,12,14,16H,3-4,7-8H2/t9-,12?/m1/s1. The number of amides is 1. The number of aliphatic hydroxyl groups excluding tert-OH is 1. The number of nitrogens with zero attached hydrogens (tertiary/aromatic N) is 1. The van der Waals surface area contributed by atoms with Gasteiger partial charge in [0.2, 0.25) is 0 Å². The fourth-order valence-corrected chi connectivity index (χ4v) is 2.75. The number of hydrogen-bond donors (Lipinski definition) is 2. The minimum Gasteiger partial charge on any atom is -0.369 e. The molecule has 90 valence electrons. The first-order chi connectivity index (χ1) is 8.29. The predicted octanol–water partition coefficient (Wildman–Crippen LogP) is 0.885. The third-order valence-corrected chi connectivity index (χ3v) is 3.63. The van der Waals surface area contributed by atoms with E-state index in [-0.39, 0.29) is 11.9 Å². The van der Waals surface area contributed by atoms with Crippen LogP contribution < -0.4 is 5.32 Å². The lowest BCUT2D eigenvalue weighted by Gasteiger charge is -2.33. The van der Waals surface area contributed by atoms with Crippen LogP contribution in [-0.4, -0.2) is 35.0 Å². The van der Waals surface area contributed by atoms with E-state index in [1.807, 2.05) is 18.2 Å². The summed E-state index contributed by atoms with van der Waals surface area (Å²) in [4.78, 5) is 13.9. The zero-order chi connectivity index (χ0) is 11.8. The zero-order valence-corrected chi connectivity index (χ0v) is 9.60. The van der Waals surface area contributed by atoms with Crippen molar-refractivity contribution in [3.05, 3.63) is 35.4 Å². The van der Waals surface area contributed by atoms with Crippen LogP contribution in [0.2, 0.25) is 0 Å². The second kappa shape index (κ2) is 4.13. The van der Waals surface area contributed by atoms with Crippen molar-refractivity contribution in [3.63, 3.8) is 0 Å². The number of piperidine rings is 1. The summed E-state index contributed by atoms with van der Waals surface area (Å²) in [6.07, 6.45) is 1.24. The minimum absolute atomic E-state index is 0.0400. The van der Waals surface area contributed by atoms with Crippen molar-refractivity contribution in [3.8, 4) is 0 Å². The normalized spacial score (nSPS) is 28.3. The number of nitrogens with one attached hydrogen (secondary N) is 1. The number of rotatable bonds is 1. The van der Waals surface area contributed by atoms with E-state index in [4.69, 9.17) is 0 Å². The highest BCUT2D eigenvalue weighted by atomic mass is 16.3. The van der Waals surface area contributed by atoms with E-state index in [1.165, 1.54) is 0 Å². The first-order valence-corrected chi connectivity index (χ1v) is 6.09. The van der Waals surface area contributed by atoms with Gasteiger partial charge in [0.1, 0.15) is 0 Å². The lowest BCUT2D eigenvalue weighted by Crippen LogP contribution is -2.47. The van der Waals surface area contributed by atoms with Crippen LogP contribution in [0.1, 0.15) is 35.0 Å². The van der Waals surface area contributed by atoms with E-state index in [2.05, 4.69) is 5.32 Å². The Hall–Kier alpha value is -1.39. The van der Waals surface area contributed by atoms with Crippen LogP contribution in [0.4, 0.5) is 0 Å². The topological polar surface area (TPSA) is 52.6 Å². The largest absolute Gasteiger partial charge is 0.369 e. The molecule has 2 heterocycles. The SMILES string of the molecule is O=C1c2ccccc2C(O)N1[C@@H]1CCCNC1. The highest BCUT2D eigenvalue weighted by molar-refractivity contribution is 5.99. The van der Waals surface area contributed by atoms with E-state index in [1.54, 1.807) is 11.0 Å². The molecule has 0 radical (unpaired) electrons. The molecule has 0 bridgehead atoms. The molecule has 2 N–H and O–H groups in total. The summed E-state index contributed by atoms with van der Waals surface area (Å²) in [5, 5.41) is 13.5. The Morgan fingerprint density at radius 2 is 2.18 bits per heavy atom. The Morgan fingerprint density at radius 1 is 1.35 bits per heavy atom. The van der Waals surface area contributed by atoms with Crippen LogP contribution in [-0.2, 0) is 0 Å². The van der Waals surface area contributed by atoms with Gasteiger partial charge in [-0.3, -0.25) is 4.79 Å². The summed E-state index contributed by atoms with van der Waals surface area (Å²) >= 11 is 0. The van der Waals surface area contributed by atoms with Crippen molar-refractivity contribution in [2.24, 2.45) is 0 Å². The monoisotopic (exact) mass is 232 g/mol. The average Bonchev–Trinajstić information content (AvgIpc) is 2.64. The van der Waals surface area contributed by atoms with Crippen molar-refractivity contribution in [1.82, 2.24) is 10.2 Å². The lowest BCUT2D eigenvalue weighted by atomic mass is 10.1. The number of carbonyl (C=O) groups excluding carboxylic acids is 1. The summed E-state index contributed by atoms with van der Waals surface area (Å²) < 4.78 is 0. The molecule has 1 amide bonds.